The molecule has 2 saturated heterocycles. The number of amides is 1. The highest BCUT2D eigenvalue weighted by atomic mass is 32.2. The van der Waals surface area contributed by atoms with Crippen molar-refractivity contribution in [3.8, 4) is 0 Å². The van der Waals surface area contributed by atoms with E-state index < -0.39 is 21.8 Å². The predicted molar refractivity (Wildman–Crippen MR) is 106 cm³/mol. The lowest BCUT2D eigenvalue weighted by molar-refractivity contribution is -0.137. The summed E-state index contributed by atoms with van der Waals surface area (Å²) in [5, 5.41) is 3.08. The van der Waals surface area contributed by atoms with Crippen molar-refractivity contribution in [3.05, 3.63) is 29.8 Å². The summed E-state index contributed by atoms with van der Waals surface area (Å²) >= 11 is 0. The molecule has 0 aromatic heterocycles. The Kier molecular flexibility index (Phi) is 7.09. The summed E-state index contributed by atoms with van der Waals surface area (Å²) in [6.07, 6.45) is -2.08. The van der Waals surface area contributed by atoms with Crippen LogP contribution in [0.25, 0.3) is 0 Å². The van der Waals surface area contributed by atoms with Crippen molar-refractivity contribution in [3.63, 3.8) is 0 Å². The van der Waals surface area contributed by atoms with Crippen LogP contribution in [0.4, 0.5) is 13.2 Å². The summed E-state index contributed by atoms with van der Waals surface area (Å²) in [4.78, 5) is 14.5. The van der Waals surface area contributed by atoms with E-state index in [1.807, 2.05) is 0 Å². The molecule has 2 aliphatic rings. The molecule has 0 saturated carbocycles. The van der Waals surface area contributed by atoms with Crippen molar-refractivity contribution in [2.45, 2.75) is 49.7 Å². The van der Waals surface area contributed by atoms with Crippen molar-refractivity contribution in [2.24, 2.45) is 5.92 Å². The van der Waals surface area contributed by atoms with Crippen molar-refractivity contribution in [1.82, 2.24) is 14.5 Å². The van der Waals surface area contributed by atoms with Gasteiger partial charge < -0.3 is 10.2 Å². The van der Waals surface area contributed by atoms with E-state index in [0.717, 1.165) is 44.6 Å². The number of piperidine rings is 2. The molecular formula is C20H28F3N3O3S. The molecule has 0 unspecified atom stereocenters. The molecular weight excluding hydrogens is 419 g/mol. The van der Waals surface area contributed by atoms with E-state index in [9.17, 15) is 26.4 Å². The van der Waals surface area contributed by atoms with Crippen molar-refractivity contribution < 1.29 is 26.4 Å². The minimum absolute atomic E-state index is 0.0546. The second kappa shape index (κ2) is 9.23. The fourth-order valence-corrected chi connectivity index (χ4v) is 5.57. The van der Waals surface area contributed by atoms with Crippen molar-refractivity contribution >= 4 is 15.9 Å². The lowest BCUT2D eigenvalue weighted by Crippen LogP contribution is -2.48. The molecule has 3 rings (SSSR count). The van der Waals surface area contributed by atoms with Crippen LogP contribution in [0.3, 0.4) is 0 Å². The standard InChI is InChI=1S/C20H28F3N3O3S/c1-2-25-10-8-17(9-11-25)24-19(27)15-6-12-26(13-7-15)30(28,29)18-5-3-4-16(14-18)20(21,22)23/h3-5,14-15,17H,2,6-13H2,1H3,(H,24,27). The number of benzene rings is 1. The van der Waals surface area contributed by atoms with E-state index in [1.165, 1.54) is 10.4 Å². The molecule has 0 aliphatic carbocycles. The lowest BCUT2D eigenvalue weighted by atomic mass is 9.96. The minimum atomic E-state index is -4.61. The number of carbonyl (C=O) groups excluding carboxylic acids is 1. The topological polar surface area (TPSA) is 69.7 Å². The van der Waals surface area contributed by atoms with Crippen LogP contribution in [0.2, 0.25) is 0 Å². The predicted octanol–water partition coefficient (Wildman–Crippen LogP) is 2.71. The number of alkyl halides is 3. The van der Waals surface area contributed by atoms with Gasteiger partial charge in [0.1, 0.15) is 0 Å². The summed E-state index contributed by atoms with van der Waals surface area (Å²) in [7, 11) is -4.03. The maximum Gasteiger partial charge on any atom is 0.416 e. The number of nitrogens with zero attached hydrogens (tertiary/aromatic N) is 2. The quantitative estimate of drug-likeness (QED) is 0.754. The zero-order valence-corrected chi connectivity index (χ0v) is 17.8. The first kappa shape index (κ1) is 23.0. The SMILES string of the molecule is CCN1CCC(NC(=O)C2CCN(S(=O)(=O)c3cccc(C(F)(F)F)c3)CC2)CC1. The highest BCUT2D eigenvalue weighted by molar-refractivity contribution is 7.89. The Morgan fingerprint density at radius 2 is 1.73 bits per heavy atom. The van der Waals surface area contributed by atoms with E-state index in [4.69, 9.17) is 0 Å². The summed E-state index contributed by atoms with van der Waals surface area (Å²) in [5.74, 6) is -0.330. The van der Waals surface area contributed by atoms with Crippen LogP contribution in [0.15, 0.2) is 29.2 Å². The Morgan fingerprint density at radius 3 is 2.30 bits per heavy atom. The molecule has 1 aromatic carbocycles. The minimum Gasteiger partial charge on any atom is -0.353 e. The Bertz CT molecular complexity index is 844. The number of sulfonamides is 1. The van der Waals surface area contributed by atoms with Crippen molar-refractivity contribution in [1.29, 1.82) is 0 Å². The van der Waals surface area contributed by atoms with Gasteiger partial charge in [0.05, 0.1) is 10.5 Å². The molecule has 2 fully saturated rings. The highest BCUT2D eigenvalue weighted by Crippen LogP contribution is 2.32. The molecule has 2 heterocycles. The second-order valence-electron chi connectivity index (χ2n) is 7.92. The maximum atomic E-state index is 12.9. The van der Waals surface area contributed by atoms with Gasteiger partial charge in [0.2, 0.25) is 15.9 Å². The average Bonchev–Trinajstić information content (AvgIpc) is 2.74. The van der Waals surface area contributed by atoms with Gasteiger partial charge in [0.25, 0.3) is 0 Å². The van der Waals surface area contributed by atoms with Crippen LogP contribution < -0.4 is 5.32 Å². The molecule has 2 aliphatic heterocycles. The molecule has 0 bridgehead atoms. The summed E-state index contributed by atoms with van der Waals surface area (Å²) in [6.45, 7) is 5.25. The molecule has 10 heteroatoms. The summed E-state index contributed by atoms with van der Waals surface area (Å²) in [5.41, 5.74) is -0.994. The smallest absolute Gasteiger partial charge is 0.353 e. The number of hydrogen-bond acceptors (Lipinski definition) is 4. The van der Waals surface area contributed by atoms with Crippen LogP contribution >= 0.6 is 0 Å². The van der Waals surface area contributed by atoms with E-state index >= 15 is 0 Å². The summed E-state index contributed by atoms with van der Waals surface area (Å²) in [6, 6.07) is 3.93. The van der Waals surface area contributed by atoms with Gasteiger partial charge in [0.15, 0.2) is 0 Å². The zero-order chi connectivity index (χ0) is 21.9. The summed E-state index contributed by atoms with van der Waals surface area (Å²) < 4.78 is 65.5. The van der Waals surface area contributed by atoms with E-state index in [1.54, 1.807) is 0 Å². The number of hydrogen-bond donors (Lipinski definition) is 1. The van der Waals surface area contributed by atoms with Crippen molar-refractivity contribution in [2.75, 3.05) is 32.7 Å². The maximum absolute atomic E-state index is 12.9. The van der Waals surface area contributed by atoms with Crippen LogP contribution in [0.1, 0.15) is 38.2 Å². The Morgan fingerprint density at radius 1 is 1.10 bits per heavy atom. The van der Waals surface area contributed by atoms with Crippen LogP contribution in [-0.4, -0.2) is 62.3 Å². The Balaban J connectivity index is 1.56. The molecule has 1 aromatic rings. The normalized spacial score (nSPS) is 20.9. The molecule has 1 N–H and O–H groups in total. The van der Waals surface area contributed by atoms with Gasteiger partial charge in [-0.3, -0.25) is 4.79 Å². The third kappa shape index (κ3) is 5.33. The fraction of sp³-hybridized carbons (Fsp3) is 0.650. The van der Waals surface area contributed by atoms with E-state index in [0.29, 0.717) is 18.9 Å². The van der Waals surface area contributed by atoms with Gasteiger partial charge in [-0.05, 0) is 50.4 Å². The monoisotopic (exact) mass is 447 g/mol. The molecule has 6 nitrogen and oxygen atoms in total. The molecule has 0 spiro atoms. The molecule has 0 atom stereocenters. The van der Waals surface area contributed by atoms with E-state index in [-0.39, 0.29) is 35.9 Å². The largest absolute Gasteiger partial charge is 0.416 e. The number of nitrogens with one attached hydrogen (secondary N) is 1. The van der Waals surface area contributed by atoms with Gasteiger partial charge in [-0.1, -0.05) is 13.0 Å². The molecule has 30 heavy (non-hydrogen) atoms. The van der Waals surface area contributed by atoms with Crippen LogP contribution in [0, 0.1) is 5.92 Å². The van der Waals surface area contributed by atoms with Gasteiger partial charge in [-0.15, -0.1) is 0 Å². The fourth-order valence-electron chi connectivity index (χ4n) is 4.05. The van der Waals surface area contributed by atoms with E-state index in [2.05, 4.69) is 17.1 Å². The van der Waals surface area contributed by atoms with Gasteiger partial charge in [-0.25, -0.2) is 8.42 Å². The van der Waals surface area contributed by atoms with Gasteiger partial charge in [-0.2, -0.15) is 17.5 Å². The van der Waals surface area contributed by atoms with Crippen LogP contribution in [-0.2, 0) is 21.0 Å². The number of halogens is 3. The highest BCUT2D eigenvalue weighted by Gasteiger charge is 2.35. The third-order valence-corrected chi connectivity index (χ3v) is 7.90. The number of rotatable bonds is 5. The van der Waals surface area contributed by atoms with Crippen LogP contribution in [0.5, 0.6) is 0 Å². The first-order valence-electron chi connectivity index (χ1n) is 10.3. The zero-order valence-electron chi connectivity index (χ0n) is 17.0. The third-order valence-electron chi connectivity index (χ3n) is 6.01. The molecule has 0 radical (unpaired) electrons. The Labute approximate surface area is 175 Å². The Hall–Kier alpha value is -1.65. The number of likely N-dealkylation sites (tertiary alicyclic amines) is 1. The first-order valence-corrected chi connectivity index (χ1v) is 11.8. The molecule has 1 amide bonds. The number of carbonyl (C=O) groups is 1. The first-order chi connectivity index (χ1) is 14.1. The average molecular weight is 448 g/mol. The molecule has 168 valence electrons. The van der Waals surface area contributed by atoms with Gasteiger partial charge >= 0.3 is 6.18 Å². The van der Waals surface area contributed by atoms with Gasteiger partial charge in [0, 0.05) is 38.1 Å². The lowest BCUT2D eigenvalue weighted by Gasteiger charge is -2.34. The second-order valence-corrected chi connectivity index (χ2v) is 9.86.